The van der Waals surface area contributed by atoms with Gasteiger partial charge in [0.1, 0.15) is 5.25 Å². The van der Waals surface area contributed by atoms with Gasteiger partial charge in [0, 0.05) is 35.1 Å². The summed E-state index contributed by atoms with van der Waals surface area (Å²) in [4.78, 5) is 0. The van der Waals surface area contributed by atoms with Crippen LogP contribution in [0.5, 0.6) is 0 Å². The zero-order chi connectivity index (χ0) is 8.98. The summed E-state index contributed by atoms with van der Waals surface area (Å²) < 4.78 is 47.6. The Kier molecular flexibility index (Phi) is 1.58. The molecule has 2 aliphatic heterocycles. The van der Waals surface area contributed by atoms with Crippen molar-refractivity contribution in [3.05, 3.63) is 0 Å². The average molecular weight is 199 g/mol. The third-order valence-corrected chi connectivity index (χ3v) is 4.65. The van der Waals surface area contributed by atoms with Crippen molar-refractivity contribution in [1.82, 2.24) is 5.32 Å². The Balaban J connectivity index is 2.17. The van der Waals surface area contributed by atoms with E-state index in [1.54, 1.807) is 0 Å². The highest BCUT2D eigenvalue weighted by Gasteiger charge is 2.66. The van der Waals surface area contributed by atoms with Crippen LogP contribution in [-0.4, -0.2) is 34.5 Å². The normalized spacial score (nSPS) is 38.9. The topological polar surface area (TPSA) is 29.1 Å². The molecule has 1 spiro atoms. The molecule has 2 aliphatic rings. The maximum Gasteiger partial charge on any atom is 0.403 e. The van der Waals surface area contributed by atoms with Gasteiger partial charge in [0.15, 0.2) is 0 Å². The van der Waals surface area contributed by atoms with Crippen molar-refractivity contribution in [2.75, 3.05) is 18.8 Å². The Bertz CT molecular complexity index is 235. The first-order valence-corrected chi connectivity index (χ1v) is 4.99. The molecular weight excluding hydrogens is 191 g/mol. The summed E-state index contributed by atoms with van der Waals surface area (Å²) in [6, 6.07) is 0. The smallest absolute Gasteiger partial charge is 0.315 e. The molecule has 12 heavy (non-hydrogen) atoms. The van der Waals surface area contributed by atoms with Crippen LogP contribution < -0.4 is 5.32 Å². The standard InChI is InChI=1S/C6H8F3NOS/c7-6(8,9)4-5(1-10-2-5)3-12(4)11/h4,10H,1-3H2. The summed E-state index contributed by atoms with van der Waals surface area (Å²) in [7, 11) is -1.68. The van der Waals surface area contributed by atoms with Crippen LogP contribution in [0.2, 0.25) is 0 Å². The van der Waals surface area contributed by atoms with Gasteiger partial charge in [-0.15, -0.1) is 0 Å². The predicted molar refractivity (Wildman–Crippen MR) is 38.2 cm³/mol. The summed E-state index contributed by atoms with van der Waals surface area (Å²) in [5.41, 5.74) is -0.719. The molecule has 0 saturated carbocycles. The molecule has 2 fully saturated rings. The van der Waals surface area contributed by atoms with Crippen LogP contribution in [-0.2, 0) is 10.8 Å². The lowest BCUT2D eigenvalue weighted by atomic mass is 9.78. The van der Waals surface area contributed by atoms with E-state index in [4.69, 9.17) is 0 Å². The molecule has 0 aromatic heterocycles. The van der Waals surface area contributed by atoms with Gasteiger partial charge in [0.25, 0.3) is 0 Å². The number of alkyl halides is 3. The predicted octanol–water partition coefficient (Wildman–Crippen LogP) is 0.269. The van der Waals surface area contributed by atoms with Crippen molar-refractivity contribution >= 4 is 10.8 Å². The molecule has 0 bridgehead atoms. The third kappa shape index (κ3) is 0.939. The van der Waals surface area contributed by atoms with Gasteiger partial charge in [-0.25, -0.2) is 0 Å². The lowest BCUT2D eigenvalue weighted by molar-refractivity contribution is -0.161. The van der Waals surface area contributed by atoms with Crippen molar-refractivity contribution in [2.45, 2.75) is 11.4 Å². The molecule has 2 unspecified atom stereocenters. The minimum atomic E-state index is -4.29. The molecule has 0 aromatic carbocycles. The second-order valence-electron chi connectivity index (χ2n) is 3.41. The molecule has 2 rings (SSSR count). The van der Waals surface area contributed by atoms with Crippen LogP contribution in [0, 0.1) is 5.41 Å². The lowest BCUT2D eigenvalue weighted by Crippen LogP contribution is -2.74. The monoisotopic (exact) mass is 199 g/mol. The van der Waals surface area contributed by atoms with Crippen molar-refractivity contribution in [1.29, 1.82) is 0 Å². The molecule has 2 atom stereocenters. The van der Waals surface area contributed by atoms with E-state index in [1.165, 1.54) is 0 Å². The zero-order valence-electron chi connectivity index (χ0n) is 6.15. The fourth-order valence-electron chi connectivity index (χ4n) is 1.85. The molecule has 6 heteroatoms. The SMILES string of the molecule is O=S1CC2(CNC2)C1C(F)(F)F. The Morgan fingerprint density at radius 3 is 2.17 bits per heavy atom. The van der Waals surface area contributed by atoms with Crippen molar-refractivity contribution in [3.63, 3.8) is 0 Å². The summed E-state index contributed by atoms with van der Waals surface area (Å²) in [6.07, 6.45) is -4.29. The lowest BCUT2D eigenvalue weighted by Gasteiger charge is -2.54. The molecule has 0 aliphatic carbocycles. The molecule has 2 nitrogen and oxygen atoms in total. The largest absolute Gasteiger partial charge is 0.403 e. The molecule has 2 saturated heterocycles. The third-order valence-electron chi connectivity index (χ3n) is 2.50. The fourth-order valence-corrected chi connectivity index (χ4v) is 3.76. The van der Waals surface area contributed by atoms with E-state index >= 15 is 0 Å². The van der Waals surface area contributed by atoms with Gasteiger partial charge in [0.2, 0.25) is 0 Å². The summed E-state index contributed by atoms with van der Waals surface area (Å²) >= 11 is 0. The van der Waals surface area contributed by atoms with Gasteiger partial charge in [0.05, 0.1) is 0 Å². The van der Waals surface area contributed by atoms with Gasteiger partial charge >= 0.3 is 6.18 Å². The van der Waals surface area contributed by atoms with E-state index in [1.807, 2.05) is 0 Å². The van der Waals surface area contributed by atoms with Gasteiger partial charge in [-0.3, -0.25) is 4.21 Å². The van der Waals surface area contributed by atoms with Crippen molar-refractivity contribution < 1.29 is 17.4 Å². The first-order valence-electron chi connectivity index (χ1n) is 3.60. The Labute approximate surface area is 70.0 Å². The van der Waals surface area contributed by atoms with E-state index in [0.717, 1.165) is 0 Å². The van der Waals surface area contributed by atoms with E-state index in [0.29, 0.717) is 13.1 Å². The summed E-state index contributed by atoms with van der Waals surface area (Å²) in [6.45, 7) is 0.728. The minimum Gasteiger partial charge on any atom is -0.315 e. The van der Waals surface area contributed by atoms with Crippen molar-refractivity contribution in [3.8, 4) is 0 Å². The molecule has 1 N–H and O–H groups in total. The average Bonchev–Trinajstić information content (AvgIpc) is 1.72. The van der Waals surface area contributed by atoms with Gasteiger partial charge < -0.3 is 5.32 Å². The fraction of sp³-hybridized carbons (Fsp3) is 1.00. The molecular formula is C6H8F3NOS. The second kappa shape index (κ2) is 2.23. The van der Waals surface area contributed by atoms with Crippen LogP contribution in [0.3, 0.4) is 0 Å². The number of nitrogens with one attached hydrogen (secondary N) is 1. The van der Waals surface area contributed by atoms with Crippen LogP contribution in [0.15, 0.2) is 0 Å². The van der Waals surface area contributed by atoms with Crippen LogP contribution in [0.1, 0.15) is 0 Å². The number of hydrogen-bond donors (Lipinski definition) is 1. The molecule has 0 aromatic rings. The zero-order valence-corrected chi connectivity index (χ0v) is 6.97. The summed E-state index contributed by atoms with van der Waals surface area (Å²) in [5, 5.41) is 1.21. The molecule has 0 radical (unpaired) electrons. The molecule has 2 heterocycles. The second-order valence-corrected chi connectivity index (χ2v) is 4.93. The van der Waals surface area contributed by atoms with Gasteiger partial charge in [-0.1, -0.05) is 0 Å². The highest BCUT2D eigenvalue weighted by atomic mass is 32.2. The summed E-state index contributed by atoms with van der Waals surface area (Å²) in [5.74, 6) is 0.212. The molecule has 70 valence electrons. The van der Waals surface area contributed by atoms with Crippen LogP contribution in [0.4, 0.5) is 13.2 Å². The van der Waals surface area contributed by atoms with E-state index in [2.05, 4.69) is 5.32 Å². The highest BCUT2D eigenvalue weighted by molar-refractivity contribution is 7.87. The van der Waals surface area contributed by atoms with Crippen molar-refractivity contribution in [2.24, 2.45) is 5.41 Å². The first-order chi connectivity index (χ1) is 5.46. The maximum absolute atomic E-state index is 12.2. The Morgan fingerprint density at radius 1 is 1.42 bits per heavy atom. The first kappa shape index (κ1) is 8.50. The van der Waals surface area contributed by atoms with Crippen LogP contribution >= 0.6 is 0 Å². The minimum absolute atomic E-state index is 0.212. The van der Waals surface area contributed by atoms with Gasteiger partial charge in [-0.05, 0) is 0 Å². The number of halogens is 3. The van der Waals surface area contributed by atoms with E-state index in [-0.39, 0.29) is 5.75 Å². The highest BCUT2D eigenvalue weighted by Crippen LogP contribution is 2.48. The maximum atomic E-state index is 12.2. The Hall–Kier alpha value is -0.100. The quantitative estimate of drug-likeness (QED) is 0.606. The van der Waals surface area contributed by atoms with E-state index < -0.39 is 27.6 Å². The van der Waals surface area contributed by atoms with Crippen LogP contribution in [0.25, 0.3) is 0 Å². The number of rotatable bonds is 0. The Morgan fingerprint density at radius 2 is 2.00 bits per heavy atom. The van der Waals surface area contributed by atoms with Gasteiger partial charge in [-0.2, -0.15) is 13.2 Å². The van der Waals surface area contributed by atoms with E-state index in [9.17, 15) is 17.4 Å². The number of hydrogen-bond acceptors (Lipinski definition) is 2. The molecule has 0 amide bonds.